The van der Waals surface area contributed by atoms with Crippen molar-refractivity contribution in [3.8, 4) is 11.6 Å². The molecule has 0 spiro atoms. The van der Waals surface area contributed by atoms with Crippen LogP contribution in [0.25, 0.3) is 5.69 Å². The second-order valence-corrected chi connectivity index (χ2v) is 7.17. The van der Waals surface area contributed by atoms with E-state index in [-0.39, 0.29) is 24.0 Å². The molecule has 2 aromatic carbocycles. The number of nitrogens with zero attached hydrogens (tertiary/aromatic N) is 5. The van der Waals surface area contributed by atoms with Gasteiger partial charge in [0.25, 0.3) is 5.69 Å². The van der Waals surface area contributed by atoms with Gasteiger partial charge >= 0.3 is 5.56 Å². The Morgan fingerprint density at radius 3 is 1.97 bits per heavy atom. The Morgan fingerprint density at radius 1 is 0.788 bits per heavy atom. The third-order valence-corrected chi connectivity index (χ3v) is 4.74. The van der Waals surface area contributed by atoms with Gasteiger partial charge in [-0.2, -0.15) is 19.9 Å². The fourth-order valence-corrected chi connectivity index (χ4v) is 3.16. The van der Waals surface area contributed by atoms with Crippen molar-refractivity contribution >= 4 is 22.7 Å². The number of benzene rings is 2. The second-order valence-electron chi connectivity index (χ2n) is 7.17. The Kier molecular flexibility index (Phi) is 7.42. The van der Waals surface area contributed by atoms with Crippen LogP contribution in [0.2, 0.25) is 0 Å². The van der Waals surface area contributed by atoms with Crippen LogP contribution in [-0.2, 0) is 0 Å². The van der Waals surface area contributed by atoms with Crippen molar-refractivity contribution in [3.05, 3.63) is 101 Å². The number of hydrogen-bond acceptors (Lipinski definition) is 6. The molecule has 0 unspecified atom stereocenters. The highest BCUT2D eigenvalue weighted by atomic mass is 35.5. The van der Waals surface area contributed by atoms with E-state index >= 15 is 0 Å². The molecule has 4 rings (SSSR count). The number of nitrogens with one attached hydrogen (secondary N) is 1. The summed E-state index contributed by atoms with van der Waals surface area (Å²) < 4.78 is 1.70. The van der Waals surface area contributed by atoms with Gasteiger partial charge in [0.15, 0.2) is 18.1 Å². The first kappa shape index (κ1) is 23.5. The molecule has 0 bridgehead atoms. The number of hydrogen-bond donors (Lipinski definition) is 2. The molecule has 2 aromatic heterocycles. The van der Waals surface area contributed by atoms with E-state index in [0.717, 1.165) is 11.3 Å². The molecule has 0 saturated heterocycles. The fraction of sp³-hybridized carbons (Fsp3) is 0.0833. The van der Waals surface area contributed by atoms with Crippen LogP contribution >= 0.6 is 0 Å². The summed E-state index contributed by atoms with van der Waals surface area (Å²) in [6.07, 6.45) is 3.60. The molecule has 0 aliphatic rings. The maximum absolute atomic E-state index is 12.5. The van der Waals surface area contributed by atoms with Crippen molar-refractivity contribution in [2.75, 3.05) is 0 Å². The number of pyridine rings is 2. The maximum Gasteiger partial charge on any atom is 0.323 e. The van der Waals surface area contributed by atoms with Crippen LogP contribution in [-0.4, -0.2) is 10.1 Å². The van der Waals surface area contributed by atoms with Crippen molar-refractivity contribution in [3.63, 3.8) is 0 Å². The summed E-state index contributed by atoms with van der Waals surface area (Å²) in [5, 5.41) is 27.0. The lowest BCUT2D eigenvalue weighted by atomic mass is 10.2. The van der Waals surface area contributed by atoms with Gasteiger partial charge < -0.3 is 17.5 Å². The van der Waals surface area contributed by atoms with Gasteiger partial charge in [-0.1, -0.05) is 18.2 Å². The first-order valence-electron chi connectivity index (χ1n) is 9.94. The van der Waals surface area contributed by atoms with Crippen molar-refractivity contribution in [1.29, 1.82) is 0 Å². The minimum absolute atomic E-state index is 0. The Morgan fingerprint density at radius 2 is 1.36 bits per heavy atom. The molecule has 0 aliphatic heterocycles. The summed E-state index contributed by atoms with van der Waals surface area (Å²) in [6.45, 7) is 3.66. The Hall–Kier alpha value is -4.17. The average molecular weight is 461 g/mol. The third-order valence-electron chi connectivity index (χ3n) is 4.74. The molecular formula is C24H21ClN6O2. The number of aryl methyl sites for hydroxylation is 1. The van der Waals surface area contributed by atoms with Gasteiger partial charge in [0.05, 0.1) is 22.6 Å². The van der Waals surface area contributed by atoms with Gasteiger partial charge in [0.1, 0.15) is 0 Å². The van der Waals surface area contributed by atoms with Crippen molar-refractivity contribution in [1.82, 2.24) is 4.98 Å². The normalized spacial score (nSPS) is 11.1. The molecule has 0 fully saturated rings. The predicted molar refractivity (Wildman–Crippen MR) is 121 cm³/mol. The molecule has 8 nitrogen and oxygen atoms in total. The van der Waals surface area contributed by atoms with Crippen LogP contribution in [0.5, 0.6) is 5.88 Å². The van der Waals surface area contributed by atoms with E-state index in [2.05, 4.69) is 25.4 Å². The van der Waals surface area contributed by atoms with Crippen LogP contribution < -0.4 is 22.5 Å². The van der Waals surface area contributed by atoms with E-state index in [9.17, 15) is 9.90 Å². The summed E-state index contributed by atoms with van der Waals surface area (Å²) in [5.41, 5.74) is 3.67. The van der Waals surface area contributed by atoms with E-state index in [4.69, 9.17) is 0 Å². The van der Waals surface area contributed by atoms with Crippen molar-refractivity contribution < 1.29 is 22.1 Å². The largest absolute Gasteiger partial charge is 1.00 e. The molecule has 0 aliphatic carbocycles. The van der Waals surface area contributed by atoms with Crippen LogP contribution in [0.15, 0.2) is 104 Å². The number of aromatic hydroxyl groups is 1. The molecule has 0 saturated carbocycles. The highest BCUT2D eigenvalue weighted by Gasteiger charge is 2.22. The summed E-state index contributed by atoms with van der Waals surface area (Å²) >= 11 is 0. The summed E-state index contributed by atoms with van der Waals surface area (Å²) in [6, 6.07) is 20.3. The lowest BCUT2D eigenvalue weighted by molar-refractivity contribution is -0.597. The van der Waals surface area contributed by atoms with E-state index in [1.807, 2.05) is 55.6 Å². The number of halogens is 1. The number of aromatic nitrogens is 2. The van der Waals surface area contributed by atoms with Crippen LogP contribution in [0.3, 0.4) is 0 Å². The molecule has 9 heteroatoms. The molecule has 166 valence electrons. The van der Waals surface area contributed by atoms with Crippen molar-refractivity contribution in [2.24, 2.45) is 20.5 Å². The van der Waals surface area contributed by atoms with Crippen LogP contribution in [0, 0.1) is 13.8 Å². The van der Waals surface area contributed by atoms with E-state index in [1.165, 1.54) is 0 Å². The van der Waals surface area contributed by atoms with Gasteiger partial charge in [0, 0.05) is 11.6 Å². The Balaban J connectivity index is 0.00000306. The van der Waals surface area contributed by atoms with Gasteiger partial charge in [-0.15, -0.1) is 5.11 Å². The maximum atomic E-state index is 12.5. The standard InChI is InChI=1S/C24H20N6O2.ClH/c1-16-7-6-14-30(15-16)22-17(2)21(23(31)25-24(22)32)29-28-20-12-10-19(11-13-20)27-26-18-8-4-3-5-9-18;/h3-15H,1-2H3,(H-,25,26,28,31,32);1H. The SMILES string of the molecule is Cc1ccc[n+](-c2c(C)c(N=Nc3ccc(N=Nc4ccccc4)cc3)c(O)[nH]c2=O)c1.[Cl-]. The van der Waals surface area contributed by atoms with E-state index < -0.39 is 5.56 Å². The summed E-state index contributed by atoms with van der Waals surface area (Å²) in [4.78, 5) is 14.9. The Labute approximate surface area is 196 Å². The first-order chi connectivity index (χ1) is 15.5. The van der Waals surface area contributed by atoms with Crippen LogP contribution in [0.1, 0.15) is 11.1 Å². The number of H-pyrrole nitrogens is 1. The zero-order valence-electron chi connectivity index (χ0n) is 18.0. The predicted octanol–water partition coefficient (Wildman–Crippen LogP) is 2.81. The number of azo groups is 2. The zero-order chi connectivity index (χ0) is 22.5. The average Bonchev–Trinajstić information content (AvgIpc) is 2.79. The smallest absolute Gasteiger partial charge is 0.323 e. The van der Waals surface area contributed by atoms with Crippen molar-refractivity contribution in [2.45, 2.75) is 13.8 Å². The highest BCUT2D eigenvalue weighted by Crippen LogP contribution is 2.31. The van der Waals surface area contributed by atoms with Gasteiger partial charge in [-0.3, -0.25) is 9.78 Å². The molecule has 4 aromatic rings. The number of rotatable bonds is 5. The van der Waals surface area contributed by atoms with Gasteiger partial charge in [0.2, 0.25) is 5.88 Å². The molecule has 0 amide bonds. The molecule has 0 radical (unpaired) electrons. The minimum atomic E-state index is -0.414. The molecule has 33 heavy (non-hydrogen) atoms. The molecule has 2 N–H and O–H groups in total. The zero-order valence-corrected chi connectivity index (χ0v) is 18.7. The second kappa shape index (κ2) is 10.4. The van der Waals surface area contributed by atoms with Gasteiger partial charge in [-0.25, -0.2) is 0 Å². The minimum Gasteiger partial charge on any atom is -1.00 e. The Bertz CT molecular complexity index is 1370. The van der Waals surface area contributed by atoms with Gasteiger partial charge in [-0.05, 0) is 56.3 Å². The first-order valence-corrected chi connectivity index (χ1v) is 9.94. The third kappa shape index (κ3) is 5.55. The fourth-order valence-electron chi connectivity index (χ4n) is 3.16. The van der Waals surface area contributed by atoms with E-state index in [0.29, 0.717) is 22.6 Å². The van der Waals surface area contributed by atoms with Crippen LogP contribution in [0.4, 0.5) is 22.7 Å². The molecular weight excluding hydrogens is 440 g/mol. The molecule has 2 heterocycles. The highest BCUT2D eigenvalue weighted by molar-refractivity contribution is 5.58. The topological polar surface area (TPSA) is 106 Å². The number of aromatic amines is 1. The summed E-state index contributed by atoms with van der Waals surface area (Å²) in [7, 11) is 0. The monoisotopic (exact) mass is 460 g/mol. The quantitative estimate of drug-likeness (QED) is 0.353. The molecule has 0 atom stereocenters. The lowest BCUT2D eigenvalue weighted by Gasteiger charge is -2.05. The summed E-state index contributed by atoms with van der Waals surface area (Å²) in [5.74, 6) is -0.332. The van der Waals surface area contributed by atoms with E-state index in [1.54, 1.807) is 42.0 Å². The lowest BCUT2D eigenvalue weighted by Crippen LogP contribution is -3.00.